The number of hydrogen-bond donors (Lipinski definition) is 2. The Bertz CT molecular complexity index is 1500. The maximum Gasteiger partial charge on any atom is 0.335 e. The molecule has 1 aliphatic heterocycles. The smallest absolute Gasteiger partial charge is 0.335 e. The number of fused-ring (bicyclic) bond motifs is 1. The van der Waals surface area contributed by atoms with Crippen LogP contribution in [-0.2, 0) is 11.2 Å². The van der Waals surface area contributed by atoms with Crippen molar-refractivity contribution in [3.05, 3.63) is 77.4 Å². The molecule has 1 saturated heterocycles. The third-order valence-electron chi connectivity index (χ3n) is 6.77. The third-order valence-corrected chi connectivity index (χ3v) is 6.77. The average molecular weight is 534 g/mol. The fourth-order valence-corrected chi connectivity index (χ4v) is 4.75. The number of ether oxygens (including phenoxy) is 2. The Morgan fingerprint density at radius 3 is 2.69 bits per heavy atom. The lowest BCUT2D eigenvalue weighted by molar-refractivity contribution is -0.133. The summed E-state index contributed by atoms with van der Waals surface area (Å²) >= 11 is 0. The van der Waals surface area contributed by atoms with E-state index in [1.54, 1.807) is 12.1 Å². The Labute approximate surface area is 224 Å². The Morgan fingerprint density at radius 2 is 1.97 bits per heavy atom. The number of aromatic nitrogens is 1. The van der Waals surface area contributed by atoms with Gasteiger partial charge in [-0.05, 0) is 73.4 Å². The van der Waals surface area contributed by atoms with Gasteiger partial charge in [-0.2, -0.15) is 9.37 Å². The predicted molar refractivity (Wildman–Crippen MR) is 142 cm³/mol. The van der Waals surface area contributed by atoms with Crippen molar-refractivity contribution in [1.29, 1.82) is 0 Å². The second-order valence-electron chi connectivity index (χ2n) is 9.38. The number of para-hydroxylation sites is 1. The Balaban J connectivity index is 1.30. The van der Waals surface area contributed by atoms with E-state index in [1.807, 2.05) is 31.2 Å². The van der Waals surface area contributed by atoms with Crippen molar-refractivity contribution in [3.63, 3.8) is 0 Å². The van der Waals surface area contributed by atoms with Crippen LogP contribution in [-0.4, -0.2) is 52.9 Å². The first-order valence-corrected chi connectivity index (χ1v) is 12.5. The number of carbonyl (C=O) groups excluding carboxylic acids is 1. The first-order chi connectivity index (χ1) is 18.8. The van der Waals surface area contributed by atoms with Crippen LogP contribution >= 0.6 is 0 Å². The number of aryl methyl sites for hydroxylation is 1. The minimum absolute atomic E-state index is 0.0503. The fourth-order valence-electron chi connectivity index (χ4n) is 4.75. The number of rotatable bonds is 10. The van der Waals surface area contributed by atoms with Gasteiger partial charge < -0.3 is 24.3 Å². The topological polar surface area (TPSA) is 114 Å². The van der Waals surface area contributed by atoms with Crippen LogP contribution in [0.2, 0.25) is 0 Å². The molecule has 1 aliphatic rings. The second-order valence-corrected chi connectivity index (χ2v) is 9.38. The van der Waals surface area contributed by atoms with Gasteiger partial charge in [0.15, 0.2) is 16.9 Å². The molecule has 0 unspecified atom stereocenters. The largest absolute Gasteiger partial charge is 0.494 e. The molecule has 2 N–H and O–H groups in total. The molecule has 5 rings (SSSR count). The molecule has 1 aromatic heterocycles. The first kappa shape index (κ1) is 26.2. The van der Waals surface area contributed by atoms with Crippen molar-refractivity contribution in [2.24, 2.45) is 0 Å². The van der Waals surface area contributed by atoms with Gasteiger partial charge in [-0.3, -0.25) is 4.79 Å². The predicted octanol–water partition coefficient (Wildman–Crippen LogP) is 5.49. The number of anilines is 2. The zero-order chi connectivity index (χ0) is 27.5. The number of Topliss-reactive ketones (excluding diaryl/α,β-unsaturated/α-hetero) is 1. The summed E-state index contributed by atoms with van der Waals surface area (Å²) < 4.78 is 32.0. The minimum Gasteiger partial charge on any atom is -0.494 e. The van der Waals surface area contributed by atoms with E-state index in [4.69, 9.17) is 19.0 Å². The summed E-state index contributed by atoms with van der Waals surface area (Å²) in [7, 11) is 1.52. The van der Waals surface area contributed by atoms with Crippen molar-refractivity contribution in [2.75, 3.05) is 19.0 Å². The zero-order valence-corrected chi connectivity index (χ0v) is 21.5. The molecule has 4 aromatic rings. The van der Waals surface area contributed by atoms with Crippen LogP contribution in [0.25, 0.3) is 11.1 Å². The van der Waals surface area contributed by atoms with E-state index in [9.17, 15) is 9.59 Å². The minimum atomic E-state index is -1.85. The fraction of sp³-hybridized carbons (Fsp3) is 0.276. The molecule has 10 heteroatoms. The molecule has 0 bridgehead atoms. The van der Waals surface area contributed by atoms with Crippen molar-refractivity contribution >= 4 is 34.6 Å². The SMILES string of the molecule is COc1cc(CC(=O)[C@@H]2CCCN2[C@H](F)Oc2ccc(C(=O)O)cc2)cc2oc(Nc3ccccc3C)nc12. The van der Waals surface area contributed by atoms with E-state index < -0.39 is 18.5 Å². The van der Waals surface area contributed by atoms with Gasteiger partial charge in [0.1, 0.15) is 11.5 Å². The van der Waals surface area contributed by atoms with Crippen molar-refractivity contribution < 1.29 is 33.0 Å². The van der Waals surface area contributed by atoms with Crippen molar-refractivity contribution in [3.8, 4) is 11.5 Å². The van der Waals surface area contributed by atoms with E-state index >= 15 is 4.39 Å². The van der Waals surface area contributed by atoms with Crippen LogP contribution in [0.15, 0.2) is 65.1 Å². The number of likely N-dealkylation sites (tertiary alicyclic amines) is 1. The maximum absolute atomic E-state index is 15.1. The molecule has 2 atom stereocenters. The van der Waals surface area contributed by atoms with Gasteiger partial charge >= 0.3 is 5.97 Å². The Hall–Kier alpha value is -4.44. The Morgan fingerprint density at radius 1 is 1.21 bits per heavy atom. The van der Waals surface area contributed by atoms with E-state index in [2.05, 4.69) is 10.3 Å². The van der Waals surface area contributed by atoms with Gasteiger partial charge in [0, 0.05) is 18.7 Å². The van der Waals surface area contributed by atoms with Crippen LogP contribution in [0.5, 0.6) is 11.5 Å². The molecule has 0 radical (unpaired) electrons. The molecule has 39 heavy (non-hydrogen) atoms. The van der Waals surface area contributed by atoms with Crippen LogP contribution in [0.1, 0.15) is 34.3 Å². The molecule has 2 heterocycles. The van der Waals surface area contributed by atoms with Gasteiger partial charge in [0.25, 0.3) is 12.5 Å². The van der Waals surface area contributed by atoms with Gasteiger partial charge in [-0.15, -0.1) is 0 Å². The number of oxazole rings is 1. The number of ketones is 1. The van der Waals surface area contributed by atoms with Crippen LogP contribution in [0.4, 0.5) is 16.1 Å². The standard InChI is InChI=1S/C29H28FN3O6/c1-17-6-3-4-7-21(17)31-29-32-26-24(37-2)15-18(16-25(26)39-29)14-23(34)22-8-5-13-33(22)28(30)38-20-11-9-19(10-12-20)27(35)36/h3-4,6-7,9-12,15-16,22,28H,5,8,13-14H2,1-2H3,(H,31,32)(H,35,36)/t22-,28-/m0/s1. The molecule has 0 aliphatic carbocycles. The lowest BCUT2D eigenvalue weighted by Gasteiger charge is -2.27. The second kappa shape index (κ2) is 11.1. The molecular formula is C29H28FN3O6. The summed E-state index contributed by atoms with van der Waals surface area (Å²) in [5, 5.41) is 12.2. The van der Waals surface area contributed by atoms with Crippen LogP contribution < -0.4 is 14.8 Å². The number of carboxylic acid groups (broad SMARTS) is 1. The summed E-state index contributed by atoms with van der Waals surface area (Å²) in [6, 6.07) is 16.4. The zero-order valence-electron chi connectivity index (χ0n) is 21.5. The number of nitrogens with zero attached hydrogens (tertiary/aromatic N) is 2. The van der Waals surface area contributed by atoms with Crippen molar-refractivity contribution in [1.82, 2.24) is 9.88 Å². The molecule has 3 aromatic carbocycles. The first-order valence-electron chi connectivity index (χ1n) is 12.5. The summed E-state index contributed by atoms with van der Waals surface area (Å²) in [6.45, 7) is 0.492. The monoisotopic (exact) mass is 533 g/mol. The Kier molecular flexibility index (Phi) is 7.47. The molecular weight excluding hydrogens is 505 g/mol. The summed E-state index contributed by atoms with van der Waals surface area (Å²) in [5.41, 5.74) is 3.62. The van der Waals surface area contributed by atoms with Gasteiger partial charge in [-0.25, -0.2) is 9.69 Å². The maximum atomic E-state index is 15.1. The summed E-state index contributed by atoms with van der Waals surface area (Å²) in [4.78, 5) is 30.2. The molecule has 0 spiro atoms. The lowest BCUT2D eigenvalue weighted by atomic mass is 10.0. The molecule has 0 amide bonds. The molecule has 202 valence electrons. The van der Waals surface area contributed by atoms with E-state index in [-0.39, 0.29) is 23.5 Å². The van der Waals surface area contributed by atoms with Gasteiger partial charge in [-0.1, -0.05) is 18.2 Å². The quantitative estimate of drug-likeness (QED) is 0.255. The normalized spacial score (nSPS) is 16.2. The highest BCUT2D eigenvalue weighted by atomic mass is 19.1. The van der Waals surface area contributed by atoms with E-state index in [0.29, 0.717) is 47.8 Å². The van der Waals surface area contributed by atoms with Gasteiger partial charge in [0.05, 0.1) is 18.7 Å². The number of methoxy groups -OCH3 is 1. The van der Waals surface area contributed by atoms with Crippen molar-refractivity contribution in [2.45, 2.75) is 38.7 Å². The van der Waals surface area contributed by atoms with Crippen LogP contribution in [0, 0.1) is 6.92 Å². The van der Waals surface area contributed by atoms with Crippen LogP contribution in [0.3, 0.4) is 0 Å². The highest BCUT2D eigenvalue weighted by molar-refractivity contribution is 5.89. The van der Waals surface area contributed by atoms with E-state index in [0.717, 1.165) is 11.3 Å². The summed E-state index contributed by atoms with van der Waals surface area (Å²) in [6.07, 6.45) is 1.21. The molecule has 9 nitrogen and oxygen atoms in total. The number of alkyl halides is 1. The number of halogens is 1. The lowest BCUT2D eigenvalue weighted by Crippen LogP contribution is -2.44. The number of aromatic carboxylic acids is 1. The average Bonchev–Trinajstić information content (AvgIpc) is 3.57. The summed E-state index contributed by atoms with van der Waals surface area (Å²) in [5.74, 6) is -0.584. The molecule has 0 saturated carbocycles. The molecule has 1 fully saturated rings. The number of nitrogens with one attached hydrogen (secondary N) is 1. The highest BCUT2D eigenvalue weighted by Gasteiger charge is 2.36. The van der Waals surface area contributed by atoms with E-state index in [1.165, 1.54) is 36.3 Å². The number of benzene rings is 3. The number of hydrogen-bond acceptors (Lipinski definition) is 8. The number of carboxylic acids is 1. The number of carbonyl (C=O) groups is 2. The third kappa shape index (κ3) is 5.70. The van der Waals surface area contributed by atoms with Gasteiger partial charge in [0.2, 0.25) is 0 Å². The highest BCUT2D eigenvalue weighted by Crippen LogP contribution is 2.32.